The van der Waals surface area contributed by atoms with Crippen LogP contribution in [0.15, 0.2) is 9.95 Å². The van der Waals surface area contributed by atoms with Crippen LogP contribution in [-0.2, 0) is 24.2 Å². The number of hydrogen-bond donors (Lipinski definition) is 1. The average molecular weight is 390 g/mol. The topological polar surface area (TPSA) is 64.0 Å². The molecule has 0 aliphatic heterocycles. The number of rotatable bonds is 5. The number of nitrogens with one attached hydrogen (secondary N) is 1. The molecule has 2 aromatic rings. The van der Waals surface area contributed by atoms with Crippen LogP contribution < -0.4 is 10.9 Å². The van der Waals surface area contributed by atoms with E-state index < -0.39 is 0 Å². The van der Waals surface area contributed by atoms with E-state index >= 15 is 0 Å². The molecule has 1 N–H and O–H groups in total. The average Bonchev–Trinajstić information content (AvgIpc) is 2.97. The molecule has 0 radical (unpaired) electrons. The van der Waals surface area contributed by atoms with E-state index in [0.29, 0.717) is 17.6 Å². The molecule has 138 valence electrons. The highest BCUT2D eigenvalue weighted by Crippen LogP contribution is 2.36. The molecule has 2 atom stereocenters. The molecular formula is C19H23N3O2S2. The zero-order chi connectivity index (χ0) is 18.8. The summed E-state index contributed by atoms with van der Waals surface area (Å²) in [5, 5.41) is 3.68. The third kappa shape index (κ3) is 3.53. The van der Waals surface area contributed by atoms with E-state index in [1.54, 1.807) is 22.8 Å². The second kappa shape index (κ2) is 7.85. The van der Waals surface area contributed by atoms with Crippen molar-refractivity contribution in [3.63, 3.8) is 0 Å². The number of aryl methyl sites for hydroxylation is 1. The Labute approximate surface area is 161 Å². The second-order valence-corrected chi connectivity index (χ2v) is 9.05. The fraction of sp³-hybridized carbons (Fsp3) is 0.526. The molecule has 0 fully saturated rings. The summed E-state index contributed by atoms with van der Waals surface area (Å²) in [6, 6.07) is 0. The number of nitrogens with zero attached hydrogens (tertiary/aromatic N) is 2. The first-order valence-corrected chi connectivity index (χ1v) is 10.6. The zero-order valence-corrected chi connectivity index (χ0v) is 16.9. The van der Waals surface area contributed by atoms with E-state index in [4.69, 9.17) is 11.4 Å². The first kappa shape index (κ1) is 19.0. The van der Waals surface area contributed by atoms with Crippen LogP contribution in [0.4, 0.5) is 0 Å². The summed E-state index contributed by atoms with van der Waals surface area (Å²) in [6.45, 7) is 6.72. The van der Waals surface area contributed by atoms with E-state index in [2.05, 4.69) is 18.2 Å². The molecule has 0 bridgehead atoms. The van der Waals surface area contributed by atoms with Crippen LogP contribution >= 0.6 is 23.1 Å². The third-order valence-electron chi connectivity index (χ3n) is 4.71. The molecule has 2 heterocycles. The summed E-state index contributed by atoms with van der Waals surface area (Å²) >= 11 is 2.94. The molecule has 0 spiro atoms. The molecule has 1 aliphatic carbocycles. The lowest BCUT2D eigenvalue weighted by Crippen LogP contribution is -2.32. The highest BCUT2D eigenvalue weighted by Gasteiger charge is 2.25. The van der Waals surface area contributed by atoms with Crippen LogP contribution in [0, 0.1) is 18.3 Å². The summed E-state index contributed by atoms with van der Waals surface area (Å²) in [7, 11) is 0. The van der Waals surface area contributed by atoms with Gasteiger partial charge in [-0.05, 0) is 44.6 Å². The van der Waals surface area contributed by atoms with Crippen molar-refractivity contribution in [3.8, 4) is 12.3 Å². The van der Waals surface area contributed by atoms with Crippen molar-refractivity contribution >= 4 is 39.2 Å². The van der Waals surface area contributed by atoms with Crippen LogP contribution in [0.25, 0.3) is 10.2 Å². The molecule has 2 unspecified atom stereocenters. The maximum absolute atomic E-state index is 13.1. The van der Waals surface area contributed by atoms with Gasteiger partial charge in [-0.15, -0.1) is 17.8 Å². The van der Waals surface area contributed by atoms with Crippen LogP contribution in [0.2, 0.25) is 0 Å². The maximum atomic E-state index is 13.1. The van der Waals surface area contributed by atoms with Crippen LogP contribution in [0.5, 0.6) is 0 Å². The molecule has 1 amide bonds. The number of thioether (sulfide) groups is 1. The predicted molar refractivity (Wildman–Crippen MR) is 108 cm³/mol. The van der Waals surface area contributed by atoms with E-state index in [0.717, 1.165) is 29.5 Å². The van der Waals surface area contributed by atoms with E-state index in [1.807, 2.05) is 6.92 Å². The molecule has 7 heteroatoms. The SMILES string of the molecule is C#CCNC(=O)C(C)Sc1nc2sc3c(c2c(=O)n1CC)CCC(C)C3. The lowest BCUT2D eigenvalue weighted by atomic mass is 9.89. The Balaban J connectivity index is 2.00. The number of carbonyl (C=O) groups is 1. The van der Waals surface area contributed by atoms with Crippen molar-refractivity contribution in [3.05, 3.63) is 20.8 Å². The molecule has 3 rings (SSSR count). The molecule has 0 saturated carbocycles. The minimum atomic E-state index is -0.375. The van der Waals surface area contributed by atoms with Gasteiger partial charge >= 0.3 is 0 Å². The summed E-state index contributed by atoms with van der Waals surface area (Å²) < 4.78 is 1.68. The van der Waals surface area contributed by atoms with Crippen LogP contribution in [-0.4, -0.2) is 27.3 Å². The molecule has 0 aromatic carbocycles. The smallest absolute Gasteiger partial charge is 0.263 e. The Morgan fingerprint density at radius 1 is 1.58 bits per heavy atom. The number of terminal acetylenes is 1. The second-order valence-electron chi connectivity index (χ2n) is 6.66. The lowest BCUT2D eigenvalue weighted by Gasteiger charge is -2.18. The third-order valence-corrected chi connectivity index (χ3v) is 6.95. The number of aromatic nitrogens is 2. The van der Waals surface area contributed by atoms with Crippen LogP contribution in [0.3, 0.4) is 0 Å². The number of thiophene rings is 1. The molecule has 0 saturated heterocycles. The highest BCUT2D eigenvalue weighted by atomic mass is 32.2. The standard InChI is InChI=1S/C19H23N3O2S2/c1-5-9-20-16(23)12(4)25-19-21-17-15(18(24)22(19)6-2)13-8-7-11(3)10-14(13)26-17/h1,11-12H,6-10H2,2-4H3,(H,20,23). The first-order chi connectivity index (χ1) is 12.5. The van der Waals surface area contributed by atoms with E-state index in [9.17, 15) is 9.59 Å². The molecule has 26 heavy (non-hydrogen) atoms. The van der Waals surface area contributed by atoms with Gasteiger partial charge in [-0.3, -0.25) is 14.2 Å². The van der Waals surface area contributed by atoms with Gasteiger partial charge < -0.3 is 5.32 Å². The number of carbonyl (C=O) groups excluding carboxylic acids is 1. The minimum absolute atomic E-state index is 0.0169. The van der Waals surface area contributed by atoms with Gasteiger partial charge in [-0.1, -0.05) is 24.6 Å². The van der Waals surface area contributed by atoms with Gasteiger partial charge in [-0.25, -0.2) is 4.98 Å². The van der Waals surface area contributed by atoms with Crippen molar-refractivity contribution in [2.45, 2.75) is 57.0 Å². The quantitative estimate of drug-likeness (QED) is 0.485. The van der Waals surface area contributed by atoms with Gasteiger partial charge in [0.05, 0.1) is 17.2 Å². The van der Waals surface area contributed by atoms with Gasteiger partial charge in [0.15, 0.2) is 5.16 Å². The number of amides is 1. The van der Waals surface area contributed by atoms with Gasteiger partial charge in [0.1, 0.15) is 4.83 Å². The first-order valence-electron chi connectivity index (χ1n) is 8.89. The van der Waals surface area contributed by atoms with Crippen molar-refractivity contribution in [1.29, 1.82) is 0 Å². The van der Waals surface area contributed by atoms with Crippen molar-refractivity contribution in [1.82, 2.24) is 14.9 Å². The molecule has 5 nitrogen and oxygen atoms in total. The normalized spacial score (nSPS) is 17.5. The summed E-state index contributed by atoms with van der Waals surface area (Å²) in [5.41, 5.74) is 1.21. The predicted octanol–water partition coefficient (Wildman–Crippen LogP) is 2.83. The lowest BCUT2D eigenvalue weighted by molar-refractivity contribution is -0.120. The minimum Gasteiger partial charge on any atom is -0.344 e. The zero-order valence-electron chi connectivity index (χ0n) is 15.3. The Morgan fingerprint density at radius 3 is 3.04 bits per heavy atom. The van der Waals surface area contributed by atoms with Crippen molar-refractivity contribution in [2.75, 3.05) is 6.54 Å². The molecular weight excluding hydrogens is 366 g/mol. The van der Waals surface area contributed by atoms with Gasteiger partial charge in [-0.2, -0.15) is 0 Å². The van der Waals surface area contributed by atoms with Gasteiger partial charge in [0.2, 0.25) is 5.91 Å². The van der Waals surface area contributed by atoms with Crippen LogP contribution in [0.1, 0.15) is 37.6 Å². The summed E-state index contributed by atoms with van der Waals surface area (Å²) in [4.78, 5) is 32.1. The molecule has 2 aromatic heterocycles. The van der Waals surface area contributed by atoms with Gasteiger partial charge in [0.25, 0.3) is 5.56 Å². The van der Waals surface area contributed by atoms with Crippen molar-refractivity contribution < 1.29 is 4.79 Å². The monoisotopic (exact) mass is 389 g/mol. The summed E-state index contributed by atoms with van der Waals surface area (Å²) in [5.74, 6) is 2.90. The molecule has 1 aliphatic rings. The Bertz CT molecular complexity index is 939. The van der Waals surface area contributed by atoms with E-state index in [1.165, 1.54) is 22.2 Å². The van der Waals surface area contributed by atoms with E-state index in [-0.39, 0.29) is 23.3 Å². The summed E-state index contributed by atoms with van der Waals surface area (Å²) in [6.07, 6.45) is 8.28. The maximum Gasteiger partial charge on any atom is 0.263 e. The Kier molecular flexibility index (Phi) is 5.73. The van der Waals surface area contributed by atoms with Crippen molar-refractivity contribution in [2.24, 2.45) is 5.92 Å². The number of hydrogen-bond acceptors (Lipinski definition) is 5. The number of fused-ring (bicyclic) bond motifs is 3. The Hall–Kier alpha value is -1.78. The fourth-order valence-electron chi connectivity index (χ4n) is 3.27. The Morgan fingerprint density at radius 2 is 2.35 bits per heavy atom. The highest BCUT2D eigenvalue weighted by molar-refractivity contribution is 8.00. The fourth-order valence-corrected chi connectivity index (χ4v) is 5.69. The largest absolute Gasteiger partial charge is 0.344 e. The van der Waals surface area contributed by atoms with Gasteiger partial charge in [0, 0.05) is 11.4 Å².